The Kier molecular flexibility index (Phi) is 13.2. The number of nitrogens with zero attached hydrogens (tertiary/aromatic N) is 2. The zero-order valence-electron chi connectivity index (χ0n) is 23.7. The molecule has 0 radical (unpaired) electrons. The van der Waals surface area contributed by atoms with E-state index in [-0.39, 0.29) is 99.9 Å². The summed E-state index contributed by atoms with van der Waals surface area (Å²) in [5.41, 5.74) is 0.874. The van der Waals surface area contributed by atoms with Gasteiger partial charge in [-0.3, -0.25) is 9.59 Å². The minimum atomic E-state index is -0.561. The van der Waals surface area contributed by atoms with Crippen LogP contribution in [0.4, 0.5) is 0 Å². The van der Waals surface area contributed by atoms with Crippen LogP contribution >= 0.6 is 0 Å². The molecule has 0 unspecified atom stereocenters. The van der Waals surface area contributed by atoms with Gasteiger partial charge in [0.15, 0.2) is 0 Å². The standard InChI is InChI=1S/C30H38N2O9/c1-3-40-29(35)25-11-7-5-9-23(25)27(33)31-13-17-37-18-14-32(16-20-39-22-21-38-19-15-31)28(34)24-10-6-8-12-26(24)30(36)41-4-2/h5-12H,3-4,13-22H2,1-2H3. The molecular weight excluding hydrogens is 532 g/mol. The number of carbonyl (C=O) groups is 4. The van der Waals surface area contributed by atoms with E-state index in [4.69, 9.17) is 23.7 Å². The molecule has 0 aromatic heterocycles. The van der Waals surface area contributed by atoms with Crippen LogP contribution in [-0.2, 0) is 23.7 Å². The minimum Gasteiger partial charge on any atom is -0.462 e. The van der Waals surface area contributed by atoms with Gasteiger partial charge in [-0.1, -0.05) is 24.3 Å². The molecule has 0 N–H and O–H groups in total. The first-order valence-corrected chi connectivity index (χ1v) is 13.8. The summed E-state index contributed by atoms with van der Waals surface area (Å²) >= 11 is 0. The number of ether oxygens (including phenoxy) is 5. The average molecular weight is 571 g/mol. The van der Waals surface area contributed by atoms with Crippen LogP contribution in [0.5, 0.6) is 0 Å². The van der Waals surface area contributed by atoms with Crippen LogP contribution in [0, 0.1) is 0 Å². The van der Waals surface area contributed by atoms with Gasteiger partial charge < -0.3 is 33.5 Å². The second-order valence-corrected chi connectivity index (χ2v) is 8.95. The molecule has 1 saturated heterocycles. The molecule has 11 heteroatoms. The molecule has 222 valence electrons. The van der Waals surface area contributed by atoms with Crippen LogP contribution in [0.1, 0.15) is 55.3 Å². The van der Waals surface area contributed by atoms with E-state index >= 15 is 0 Å². The van der Waals surface area contributed by atoms with Crippen molar-refractivity contribution in [3.8, 4) is 0 Å². The molecule has 1 aliphatic heterocycles. The summed E-state index contributed by atoms with van der Waals surface area (Å²) in [6.07, 6.45) is 0. The van der Waals surface area contributed by atoms with Gasteiger partial charge in [-0.25, -0.2) is 9.59 Å². The van der Waals surface area contributed by atoms with Gasteiger partial charge in [0, 0.05) is 26.2 Å². The van der Waals surface area contributed by atoms with E-state index in [9.17, 15) is 19.2 Å². The molecule has 1 fully saturated rings. The van der Waals surface area contributed by atoms with Gasteiger partial charge in [0.25, 0.3) is 11.8 Å². The van der Waals surface area contributed by atoms with E-state index in [0.29, 0.717) is 13.2 Å². The largest absolute Gasteiger partial charge is 0.462 e. The van der Waals surface area contributed by atoms with E-state index in [1.165, 1.54) is 0 Å². The summed E-state index contributed by atoms with van der Waals surface area (Å²) in [6, 6.07) is 13.1. The smallest absolute Gasteiger partial charge is 0.338 e. The molecule has 0 bridgehead atoms. The minimum absolute atomic E-state index is 0.197. The fourth-order valence-electron chi connectivity index (χ4n) is 4.21. The van der Waals surface area contributed by atoms with Crippen molar-refractivity contribution >= 4 is 23.8 Å². The second-order valence-electron chi connectivity index (χ2n) is 8.95. The lowest BCUT2D eigenvalue weighted by Crippen LogP contribution is -2.39. The molecule has 1 aliphatic rings. The molecule has 2 aromatic rings. The summed E-state index contributed by atoms with van der Waals surface area (Å²) in [7, 11) is 0. The van der Waals surface area contributed by atoms with Crippen LogP contribution < -0.4 is 0 Å². The lowest BCUT2D eigenvalue weighted by Gasteiger charge is -2.25. The lowest BCUT2D eigenvalue weighted by molar-refractivity contribution is 0.0296. The molecule has 0 atom stereocenters. The van der Waals surface area contributed by atoms with Crippen molar-refractivity contribution < 1.29 is 42.9 Å². The maximum atomic E-state index is 13.4. The molecule has 0 spiro atoms. The zero-order chi connectivity index (χ0) is 29.5. The van der Waals surface area contributed by atoms with Gasteiger partial charge in [-0.05, 0) is 38.1 Å². The SMILES string of the molecule is CCOC(=O)c1ccccc1C(=O)N1CCOCCOCCN(C(=O)c2ccccc2C(=O)OCC)CCOCC1. The summed E-state index contributed by atoms with van der Waals surface area (Å²) in [5, 5.41) is 0. The van der Waals surface area contributed by atoms with Gasteiger partial charge in [0.2, 0.25) is 0 Å². The van der Waals surface area contributed by atoms with E-state index in [2.05, 4.69) is 0 Å². The number of amides is 2. The molecule has 2 aromatic carbocycles. The van der Waals surface area contributed by atoms with Crippen molar-refractivity contribution in [2.75, 3.05) is 79.0 Å². The Morgan fingerprint density at radius 2 is 0.878 bits per heavy atom. The first kappa shape index (κ1) is 31.7. The van der Waals surface area contributed by atoms with E-state index in [0.717, 1.165) is 0 Å². The average Bonchev–Trinajstić information content (AvgIpc) is 3.00. The fourth-order valence-corrected chi connectivity index (χ4v) is 4.21. The van der Waals surface area contributed by atoms with Crippen molar-refractivity contribution in [1.29, 1.82) is 0 Å². The highest BCUT2D eigenvalue weighted by atomic mass is 16.5. The second kappa shape index (κ2) is 17.1. The molecule has 0 saturated carbocycles. The number of rotatable bonds is 6. The van der Waals surface area contributed by atoms with Crippen molar-refractivity contribution in [3.63, 3.8) is 0 Å². The Balaban J connectivity index is 1.70. The van der Waals surface area contributed by atoms with Crippen molar-refractivity contribution in [1.82, 2.24) is 9.80 Å². The maximum absolute atomic E-state index is 13.4. The number of carbonyl (C=O) groups excluding carboxylic acids is 4. The normalized spacial score (nSPS) is 15.8. The fraction of sp³-hybridized carbons (Fsp3) is 0.467. The van der Waals surface area contributed by atoms with Crippen molar-refractivity contribution in [2.24, 2.45) is 0 Å². The van der Waals surface area contributed by atoms with E-state index in [1.807, 2.05) is 0 Å². The predicted octanol–water partition coefficient (Wildman–Crippen LogP) is 2.69. The monoisotopic (exact) mass is 570 g/mol. The van der Waals surface area contributed by atoms with Crippen molar-refractivity contribution in [2.45, 2.75) is 13.8 Å². The number of hydrogen-bond acceptors (Lipinski definition) is 9. The van der Waals surface area contributed by atoms with Gasteiger partial charge in [-0.2, -0.15) is 0 Å². The Bertz CT molecular complexity index is 1080. The number of benzene rings is 2. The van der Waals surface area contributed by atoms with Gasteiger partial charge in [-0.15, -0.1) is 0 Å². The number of esters is 2. The highest BCUT2D eigenvalue weighted by Gasteiger charge is 2.24. The van der Waals surface area contributed by atoms with Crippen LogP contribution in [0.3, 0.4) is 0 Å². The Morgan fingerprint density at radius 1 is 0.561 bits per heavy atom. The topological polar surface area (TPSA) is 121 Å². The molecule has 3 rings (SSSR count). The van der Waals surface area contributed by atoms with Crippen LogP contribution in [0.25, 0.3) is 0 Å². The first-order chi connectivity index (χ1) is 20.0. The molecule has 2 amide bonds. The highest BCUT2D eigenvalue weighted by molar-refractivity contribution is 6.06. The quantitative estimate of drug-likeness (QED) is 0.483. The van der Waals surface area contributed by atoms with E-state index in [1.54, 1.807) is 72.2 Å². The Labute approximate surface area is 240 Å². The first-order valence-electron chi connectivity index (χ1n) is 13.8. The highest BCUT2D eigenvalue weighted by Crippen LogP contribution is 2.15. The van der Waals surface area contributed by atoms with E-state index < -0.39 is 11.9 Å². The van der Waals surface area contributed by atoms with Gasteiger partial charge >= 0.3 is 11.9 Å². The third-order valence-electron chi connectivity index (χ3n) is 6.27. The molecule has 0 aliphatic carbocycles. The van der Waals surface area contributed by atoms with Crippen LogP contribution in [-0.4, -0.2) is 113 Å². The number of hydrogen-bond donors (Lipinski definition) is 0. The maximum Gasteiger partial charge on any atom is 0.338 e. The van der Waals surface area contributed by atoms with Gasteiger partial charge in [0.05, 0.1) is 75.1 Å². The third-order valence-corrected chi connectivity index (χ3v) is 6.27. The molecule has 1 heterocycles. The predicted molar refractivity (Wildman–Crippen MR) is 149 cm³/mol. The molecule has 41 heavy (non-hydrogen) atoms. The zero-order valence-corrected chi connectivity index (χ0v) is 23.7. The molecule has 11 nitrogen and oxygen atoms in total. The lowest BCUT2D eigenvalue weighted by atomic mass is 10.1. The Morgan fingerprint density at radius 3 is 1.22 bits per heavy atom. The molecular formula is C30H38N2O9. The van der Waals surface area contributed by atoms with Crippen LogP contribution in [0.15, 0.2) is 48.5 Å². The summed E-state index contributed by atoms with van der Waals surface area (Å²) in [4.78, 5) is 54.9. The summed E-state index contributed by atoms with van der Waals surface area (Å²) < 4.78 is 27.4. The summed E-state index contributed by atoms with van der Waals surface area (Å²) in [5.74, 6) is -1.80. The van der Waals surface area contributed by atoms with Crippen LogP contribution in [0.2, 0.25) is 0 Å². The van der Waals surface area contributed by atoms with Gasteiger partial charge in [0.1, 0.15) is 0 Å². The Hall–Kier alpha value is -3.80. The third kappa shape index (κ3) is 9.38. The van der Waals surface area contributed by atoms with Crippen molar-refractivity contribution in [3.05, 3.63) is 70.8 Å². The summed E-state index contributed by atoms with van der Waals surface area (Å²) in [6.45, 7) is 6.42.